The largest absolute Gasteiger partial charge is 0.393 e. The second-order valence-corrected chi connectivity index (χ2v) is 17.9. The molecule has 10 nitrogen and oxygen atoms in total. The van der Waals surface area contributed by atoms with Crippen LogP contribution in [0, 0.1) is 11.8 Å². The first kappa shape index (κ1) is 35.7. The highest BCUT2D eigenvalue weighted by atomic mass is 32.3. The van der Waals surface area contributed by atoms with E-state index in [-0.39, 0.29) is 39.0 Å². The third-order valence-corrected chi connectivity index (χ3v) is 14.7. The number of unbranched alkanes of at least 4 members (excludes halogenated alkanes) is 1. The number of aliphatic hydroxyl groups is 3. The molecule has 1 aliphatic heterocycles. The van der Waals surface area contributed by atoms with Gasteiger partial charge >= 0.3 is 0 Å². The van der Waals surface area contributed by atoms with E-state index in [1.807, 2.05) is 42.5 Å². The normalized spacial score (nSPS) is 27.0. The Bertz CT molecular complexity index is 1540. The number of amides is 1. The molecular weight excluding hydrogens is 637 g/mol. The number of thiophene rings is 1. The zero-order valence-electron chi connectivity index (χ0n) is 25.9. The van der Waals surface area contributed by atoms with E-state index in [2.05, 4.69) is 0 Å². The maximum Gasteiger partial charge on any atom is 0.247 e. The van der Waals surface area contributed by atoms with Gasteiger partial charge in [0.05, 0.1) is 29.6 Å². The highest BCUT2D eigenvalue weighted by Crippen LogP contribution is 2.45. The molecule has 2 aliphatic rings. The van der Waals surface area contributed by atoms with E-state index in [1.165, 1.54) is 16.5 Å². The Morgan fingerprint density at radius 1 is 1.11 bits per heavy atom. The standard InChI is InChI=1S/C32H46N2O8S3/c1-21-18-27(26-19-31(45(33,41)42)43-32(26)44(21,39)40)34(2)30(38)13-9-4-3-8-12-24-25(29(37)20-28(24)36)17-16-23(35)15-14-22-10-6-5-7-11-22/h3,5-8,10-11,19,21,23-25,27-29,35-37H,4,9,12-18,20H2,1-2H3,(H2,33,41,42)/b8-3-/t21-,23-,24+,25+,27-,28-,29+/m0/s1. The molecule has 4 rings (SSSR count). The molecule has 45 heavy (non-hydrogen) atoms. The van der Waals surface area contributed by atoms with Crippen molar-refractivity contribution in [1.82, 2.24) is 4.90 Å². The van der Waals surface area contributed by atoms with E-state index in [0.29, 0.717) is 61.8 Å². The van der Waals surface area contributed by atoms with Gasteiger partial charge in [0.15, 0.2) is 9.84 Å². The fourth-order valence-corrected chi connectivity index (χ4v) is 11.0. The Morgan fingerprint density at radius 3 is 2.49 bits per heavy atom. The molecule has 0 saturated heterocycles. The van der Waals surface area contributed by atoms with Crippen LogP contribution in [0.15, 0.2) is 57.0 Å². The van der Waals surface area contributed by atoms with E-state index < -0.39 is 49.5 Å². The summed E-state index contributed by atoms with van der Waals surface area (Å²) in [7, 11) is -6.20. The van der Waals surface area contributed by atoms with E-state index in [1.54, 1.807) is 14.0 Å². The van der Waals surface area contributed by atoms with Gasteiger partial charge < -0.3 is 20.2 Å². The van der Waals surface area contributed by atoms with Crippen molar-refractivity contribution in [2.24, 2.45) is 17.0 Å². The number of allylic oxidation sites excluding steroid dienone is 2. The first-order chi connectivity index (χ1) is 21.2. The monoisotopic (exact) mass is 682 g/mol. The Balaban J connectivity index is 1.25. The topological polar surface area (TPSA) is 175 Å². The molecule has 0 unspecified atom stereocenters. The van der Waals surface area contributed by atoms with Gasteiger partial charge in [-0.15, -0.1) is 11.3 Å². The van der Waals surface area contributed by atoms with Crippen molar-refractivity contribution in [3.63, 3.8) is 0 Å². The number of carbonyl (C=O) groups is 1. The van der Waals surface area contributed by atoms with Crippen LogP contribution in [0.1, 0.15) is 81.9 Å². The van der Waals surface area contributed by atoms with E-state index in [9.17, 15) is 36.9 Å². The number of aryl methyl sites for hydroxylation is 1. The third kappa shape index (κ3) is 8.82. The van der Waals surface area contributed by atoms with Crippen LogP contribution in [0.2, 0.25) is 0 Å². The van der Waals surface area contributed by atoms with Gasteiger partial charge in [0.2, 0.25) is 15.9 Å². The van der Waals surface area contributed by atoms with Gasteiger partial charge in [0.25, 0.3) is 0 Å². The lowest BCUT2D eigenvalue weighted by Gasteiger charge is -2.34. The second-order valence-electron chi connectivity index (χ2n) is 12.5. The Kier molecular flexibility index (Phi) is 12.1. The molecular formula is C32H46N2O8S3. The number of nitrogens with zero attached hydrogens (tertiary/aromatic N) is 1. The van der Waals surface area contributed by atoms with Gasteiger partial charge in [-0.05, 0) is 88.2 Å². The first-order valence-electron chi connectivity index (χ1n) is 15.6. The lowest BCUT2D eigenvalue weighted by molar-refractivity contribution is -0.132. The van der Waals surface area contributed by atoms with Gasteiger partial charge in [-0.2, -0.15) is 0 Å². The molecule has 1 aromatic heterocycles. The first-order valence-corrected chi connectivity index (χ1v) is 19.5. The Morgan fingerprint density at radius 2 is 1.80 bits per heavy atom. The van der Waals surface area contributed by atoms with Gasteiger partial charge in [0, 0.05) is 19.0 Å². The minimum Gasteiger partial charge on any atom is -0.393 e. The van der Waals surface area contributed by atoms with Crippen molar-refractivity contribution in [2.75, 3.05) is 7.05 Å². The predicted octanol–water partition coefficient (Wildman–Crippen LogP) is 3.71. The van der Waals surface area contributed by atoms with Gasteiger partial charge in [-0.3, -0.25) is 4.79 Å². The number of aliphatic hydroxyl groups excluding tert-OH is 3. The number of benzene rings is 1. The molecule has 250 valence electrons. The molecule has 2 heterocycles. The number of nitrogens with two attached hydrogens (primary N) is 1. The van der Waals surface area contributed by atoms with Crippen molar-refractivity contribution in [2.45, 2.75) is 109 Å². The van der Waals surface area contributed by atoms with Crippen LogP contribution in [0.3, 0.4) is 0 Å². The zero-order chi connectivity index (χ0) is 32.9. The number of sulfone groups is 1. The van der Waals surface area contributed by atoms with E-state index in [0.717, 1.165) is 6.42 Å². The van der Waals surface area contributed by atoms with Crippen molar-refractivity contribution in [3.8, 4) is 0 Å². The lowest BCUT2D eigenvalue weighted by Crippen LogP contribution is -2.37. The fraction of sp³-hybridized carbons (Fsp3) is 0.594. The summed E-state index contributed by atoms with van der Waals surface area (Å²) in [5.74, 6) is -0.365. The van der Waals surface area contributed by atoms with E-state index >= 15 is 0 Å². The minimum absolute atomic E-state index is 0.0444. The summed E-state index contributed by atoms with van der Waals surface area (Å²) < 4.78 is 49.3. The summed E-state index contributed by atoms with van der Waals surface area (Å²) in [5, 5.41) is 36.2. The van der Waals surface area contributed by atoms with E-state index in [4.69, 9.17) is 5.14 Å². The quantitative estimate of drug-likeness (QED) is 0.172. The molecule has 1 fully saturated rings. The molecule has 2 aromatic rings. The highest BCUT2D eigenvalue weighted by Gasteiger charge is 2.42. The van der Waals surface area contributed by atoms with Crippen LogP contribution in [0.5, 0.6) is 0 Å². The molecule has 5 N–H and O–H groups in total. The van der Waals surface area contributed by atoms with Gasteiger partial charge in [0.1, 0.15) is 8.42 Å². The van der Waals surface area contributed by atoms with Crippen molar-refractivity contribution in [3.05, 3.63) is 59.7 Å². The number of sulfonamides is 1. The Labute approximate surface area is 270 Å². The molecule has 13 heteroatoms. The smallest absolute Gasteiger partial charge is 0.247 e. The summed E-state index contributed by atoms with van der Waals surface area (Å²) in [6, 6.07) is 10.7. The van der Waals surface area contributed by atoms with Gasteiger partial charge in [-0.25, -0.2) is 22.0 Å². The second kappa shape index (κ2) is 15.2. The molecule has 0 spiro atoms. The average molecular weight is 683 g/mol. The van der Waals surface area contributed by atoms with Crippen LogP contribution in [-0.4, -0.2) is 73.6 Å². The van der Waals surface area contributed by atoms with Crippen LogP contribution >= 0.6 is 11.3 Å². The number of rotatable bonds is 14. The molecule has 0 radical (unpaired) electrons. The maximum atomic E-state index is 13.1. The molecule has 1 aromatic carbocycles. The summed E-state index contributed by atoms with van der Waals surface area (Å²) in [4.78, 5) is 14.6. The lowest BCUT2D eigenvalue weighted by atomic mass is 9.85. The number of fused-ring (bicyclic) bond motifs is 1. The van der Waals surface area contributed by atoms with Gasteiger partial charge in [-0.1, -0.05) is 42.5 Å². The van der Waals surface area contributed by atoms with Crippen LogP contribution < -0.4 is 5.14 Å². The molecule has 7 atom stereocenters. The van der Waals surface area contributed by atoms with Crippen LogP contribution in [-0.2, 0) is 31.1 Å². The van der Waals surface area contributed by atoms with Crippen LogP contribution in [0.4, 0.5) is 0 Å². The molecule has 0 bridgehead atoms. The fourth-order valence-electron chi connectivity index (χ4n) is 6.58. The average Bonchev–Trinajstić information content (AvgIpc) is 3.56. The number of primary sulfonamides is 1. The number of hydrogen-bond acceptors (Lipinski definition) is 9. The number of hydrogen-bond donors (Lipinski definition) is 4. The van der Waals surface area contributed by atoms with Crippen molar-refractivity contribution < 1.29 is 36.9 Å². The maximum absolute atomic E-state index is 13.1. The van der Waals surface area contributed by atoms with Crippen molar-refractivity contribution in [1.29, 1.82) is 0 Å². The highest BCUT2D eigenvalue weighted by molar-refractivity contribution is 7.95. The minimum atomic E-state index is -4.09. The van der Waals surface area contributed by atoms with Crippen LogP contribution in [0.25, 0.3) is 0 Å². The third-order valence-electron chi connectivity index (χ3n) is 9.35. The number of carbonyl (C=O) groups excluding carboxylic acids is 1. The zero-order valence-corrected chi connectivity index (χ0v) is 28.3. The summed E-state index contributed by atoms with van der Waals surface area (Å²) >= 11 is 0.635. The molecule has 1 saturated carbocycles. The predicted molar refractivity (Wildman–Crippen MR) is 174 cm³/mol. The summed E-state index contributed by atoms with van der Waals surface area (Å²) in [6.07, 6.45) is 7.44. The SMILES string of the molecule is C[C@H]1C[C@H](N(C)C(=O)CCC/C=C\C[C@@H]2[C@@H](CC[C@@H](O)CCc3ccccc3)[C@H](O)C[C@@H]2O)c2cc(S(N)(=O)=O)sc2S1(=O)=O. The molecule has 1 amide bonds. The van der Waals surface area contributed by atoms with Crippen molar-refractivity contribution >= 4 is 37.1 Å². The Hall–Kier alpha value is -2.13. The summed E-state index contributed by atoms with van der Waals surface area (Å²) in [6.45, 7) is 1.56. The summed E-state index contributed by atoms with van der Waals surface area (Å²) in [5.41, 5.74) is 1.48. The molecule has 1 aliphatic carbocycles.